The van der Waals surface area contributed by atoms with Crippen molar-refractivity contribution in [1.82, 2.24) is 14.9 Å². The Morgan fingerprint density at radius 2 is 1.67 bits per heavy atom. The van der Waals surface area contributed by atoms with Gasteiger partial charge in [0, 0.05) is 25.2 Å². The highest BCUT2D eigenvalue weighted by molar-refractivity contribution is 6.34. The number of imidazole rings is 1. The lowest BCUT2D eigenvalue weighted by molar-refractivity contribution is 0.00706. The number of halogens is 1. The molecule has 1 aromatic heterocycles. The minimum Gasteiger partial charge on any atom is -0.456 e. The molecule has 39 heavy (non-hydrogen) atoms. The quantitative estimate of drug-likeness (QED) is 0.335. The van der Waals surface area contributed by atoms with Crippen LogP contribution in [0.15, 0.2) is 60.7 Å². The topological polar surface area (TPSA) is 100 Å². The molecule has 0 radical (unpaired) electrons. The van der Waals surface area contributed by atoms with E-state index < -0.39 is 6.10 Å². The first-order valence-electron chi connectivity index (χ1n) is 13.4. The number of aromatic nitrogens is 2. The number of aliphatic hydroxyl groups is 2. The number of ether oxygens (including phenoxy) is 3. The minimum absolute atomic E-state index is 0.196. The minimum atomic E-state index is -0.623. The summed E-state index contributed by atoms with van der Waals surface area (Å²) in [6.45, 7) is 3.15. The fourth-order valence-corrected chi connectivity index (χ4v) is 6.10. The van der Waals surface area contributed by atoms with Crippen molar-refractivity contribution >= 4 is 22.6 Å². The predicted octanol–water partition coefficient (Wildman–Crippen LogP) is 4.02. The maximum Gasteiger partial charge on any atom is 0.295 e. The zero-order valence-electron chi connectivity index (χ0n) is 21.3. The number of aromatic amines is 1. The van der Waals surface area contributed by atoms with Crippen molar-refractivity contribution in [1.29, 1.82) is 0 Å². The van der Waals surface area contributed by atoms with E-state index in [0.29, 0.717) is 17.6 Å². The second-order valence-corrected chi connectivity index (χ2v) is 11.1. The van der Waals surface area contributed by atoms with E-state index in [1.807, 2.05) is 12.1 Å². The molecule has 3 fully saturated rings. The summed E-state index contributed by atoms with van der Waals surface area (Å²) >= 11 is 6.68. The lowest BCUT2D eigenvalue weighted by Gasteiger charge is -2.15. The Balaban J connectivity index is 1.06. The highest BCUT2D eigenvalue weighted by Gasteiger charge is 2.48. The third-order valence-electron chi connectivity index (χ3n) is 7.93. The van der Waals surface area contributed by atoms with Crippen molar-refractivity contribution in [3.05, 3.63) is 71.2 Å². The Morgan fingerprint density at radius 3 is 2.41 bits per heavy atom. The molecular weight excluding hydrogens is 518 g/mol. The number of likely N-dealkylation sites (tertiary alicyclic amines) is 1. The van der Waals surface area contributed by atoms with Gasteiger partial charge in [0.1, 0.15) is 18.3 Å². The number of nitrogens with zero attached hydrogens (tertiary/aromatic N) is 2. The van der Waals surface area contributed by atoms with E-state index in [9.17, 15) is 10.2 Å². The van der Waals surface area contributed by atoms with E-state index in [1.165, 1.54) is 5.56 Å². The van der Waals surface area contributed by atoms with Gasteiger partial charge in [-0.15, -0.1) is 0 Å². The molecule has 0 amide bonds. The average molecular weight is 548 g/mol. The summed E-state index contributed by atoms with van der Waals surface area (Å²) in [5.74, 6) is 0. The van der Waals surface area contributed by atoms with Gasteiger partial charge < -0.3 is 29.4 Å². The van der Waals surface area contributed by atoms with Crippen LogP contribution in [0.4, 0.5) is 0 Å². The molecule has 3 aromatic carbocycles. The van der Waals surface area contributed by atoms with Gasteiger partial charge >= 0.3 is 0 Å². The fourth-order valence-electron chi connectivity index (χ4n) is 5.83. The number of hydrogen-bond acceptors (Lipinski definition) is 7. The fraction of sp³-hybridized carbons (Fsp3) is 0.367. The molecule has 0 saturated carbocycles. The van der Waals surface area contributed by atoms with Crippen LogP contribution in [0.1, 0.15) is 12.0 Å². The number of fused-ring (bicyclic) bond motifs is 2. The van der Waals surface area contributed by atoms with Crippen molar-refractivity contribution in [2.75, 3.05) is 26.3 Å². The van der Waals surface area contributed by atoms with Crippen LogP contribution in [0.5, 0.6) is 6.01 Å². The monoisotopic (exact) mass is 547 g/mol. The van der Waals surface area contributed by atoms with Gasteiger partial charge in [0.25, 0.3) is 6.01 Å². The van der Waals surface area contributed by atoms with E-state index >= 15 is 0 Å². The Morgan fingerprint density at radius 1 is 0.949 bits per heavy atom. The summed E-state index contributed by atoms with van der Waals surface area (Å²) in [6, 6.07) is 21.2. The second-order valence-electron chi connectivity index (χ2n) is 10.7. The maximum atomic E-state index is 9.96. The van der Waals surface area contributed by atoms with Crippen molar-refractivity contribution < 1.29 is 24.4 Å². The van der Waals surface area contributed by atoms with Crippen LogP contribution in [-0.4, -0.2) is 81.9 Å². The molecule has 3 N–H and O–H groups in total. The van der Waals surface area contributed by atoms with Crippen LogP contribution in [0, 0.1) is 0 Å². The molecule has 7 rings (SSSR count). The number of H-pyrrole nitrogens is 1. The van der Waals surface area contributed by atoms with Crippen LogP contribution < -0.4 is 4.74 Å². The van der Waals surface area contributed by atoms with Gasteiger partial charge in [-0.05, 0) is 40.8 Å². The summed E-state index contributed by atoms with van der Waals surface area (Å²) < 4.78 is 17.3. The van der Waals surface area contributed by atoms with Gasteiger partial charge in [0.15, 0.2) is 6.10 Å². The van der Waals surface area contributed by atoms with Crippen LogP contribution in [-0.2, 0) is 16.0 Å². The molecule has 202 valence electrons. The number of rotatable bonds is 6. The van der Waals surface area contributed by atoms with E-state index in [1.54, 1.807) is 0 Å². The molecule has 8 nitrogen and oxygen atoms in total. The van der Waals surface area contributed by atoms with Gasteiger partial charge in [-0.25, -0.2) is 0 Å². The van der Waals surface area contributed by atoms with Crippen molar-refractivity contribution in [2.45, 2.75) is 43.5 Å². The first-order chi connectivity index (χ1) is 19.0. The lowest BCUT2D eigenvalue weighted by Crippen LogP contribution is -2.34. The van der Waals surface area contributed by atoms with E-state index in [0.717, 1.165) is 59.3 Å². The highest BCUT2D eigenvalue weighted by atomic mass is 35.5. The molecule has 5 atom stereocenters. The standard InChI is InChI=1S/C30H30ClN3O5/c31-23-12-25-24(32-30(33-25)39-27-16-38-28-26(36)15-37-29(27)28)11-22(23)20-7-5-19(6-8-20)18-3-1-17(2-4-18)13-34-10-9-21(35)14-34/h1-8,11-12,21,26-29,35-36H,9-10,13-16H2,(H,32,33). The molecule has 3 aliphatic rings. The molecule has 3 saturated heterocycles. The second kappa shape index (κ2) is 10.2. The van der Waals surface area contributed by atoms with Crippen molar-refractivity contribution in [3.8, 4) is 28.3 Å². The molecule has 4 heterocycles. The van der Waals surface area contributed by atoms with Crippen LogP contribution in [0.3, 0.4) is 0 Å². The third-order valence-corrected chi connectivity index (χ3v) is 8.24. The Labute approximate surface area is 231 Å². The molecule has 0 aliphatic carbocycles. The van der Waals surface area contributed by atoms with Crippen LogP contribution >= 0.6 is 11.6 Å². The summed E-state index contributed by atoms with van der Waals surface area (Å²) in [6.07, 6.45) is -0.959. The molecule has 3 aliphatic heterocycles. The molecule has 9 heteroatoms. The smallest absolute Gasteiger partial charge is 0.295 e. The SMILES string of the molecule is OC1CCN(Cc2ccc(-c3ccc(-c4cc5nc(OC6COC7C(O)COC67)[nH]c5cc4Cl)cc3)cc2)C1. The van der Waals surface area contributed by atoms with E-state index in [4.69, 9.17) is 25.8 Å². The third kappa shape index (κ3) is 4.93. The number of β-amino-alcohol motifs (C(OH)–C–C–N with tert-alkyl or cyclic N) is 1. The van der Waals surface area contributed by atoms with Crippen molar-refractivity contribution in [3.63, 3.8) is 0 Å². The Bertz CT molecular complexity index is 1470. The van der Waals surface area contributed by atoms with Crippen molar-refractivity contribution in [2.24, 2.45) is 0 Å². The largest absolute Gasteiger partial charge is 0.456 e. The zero-order chi connectivity index (χ0) is 26.5. The first kappa shape index (κ1) is 25.0. The molecular formula is C30H30ClN3O5. The number of hydrogen-bond donors (Lipinski definition) is 3. The summed E-state index contributed by atoms with van der Waals surface area (Å²) in [4.78, 5) is 10.1. The predicted molar refractivity (Wildman–Crippen MR) is 148 cm³/mol. The van der Waals surface area contributed by atoms with Crippen LogP contribution in [0.2, 0.25) is 5.02 Å². The molecule has 4 aromatic rings. The Kier molecular flexibility index (Phi) is 6.55. The normalized spacial score (nSPS) is 26.9. The lowest BCUT2D eigenvalue weighted by atomic mass is 9.99. The Hall–Kier alpha value is -2.98. The number of aliphatic hydroxyl groups excluding tert-OH is 2. The average Bonchev–Trinajstić information content (AvgIpc) is 3.71. The number of benzene rings is 3. The summed E-state index contributed by atoms with van der Waals surface area (Å²) in [7, 11) is 0. The molecule has 0 spiro atoms. The van der Waals surface area contributed by atoms with Gasteiger partial charge in [-0.2, -0.15) is 4.98 Å². The van der Waals surface area contributed by atoms with E-state index in [2.05, 4.69) is 63.4 Å². The number of nitrogens with one attached hydrogen (secondary N) is 1. The molecule has 5 unspecified atom stereocenters. The van der Waals surface area contributed by atoms with Gasteiger partial charge in [-0.3, -0.25) is 4.90 Å². The van der Waals surface area contributed by atoms with Gasteiger partial charge in [-0.1, -0.05) is 60.1 Å². The maximum absolute atomic E-state index is 9.96. The van der Waals surface area contributed by atoms with E-state index in [-0.39, 0.29) is 31.0 Å². The van der Waals surface area contributed by atoms with Crippen LogP contribution in [0.25, 0.3) is 33.3 Å². The first-order valence-corrected chi connectivity index (χ1v) is 13.8. The van der Waals surface area contributed by atoms with Gasteiger partial charge in [0.2, 0.25) is 0 Å². The zero-order valence-corrected chi connectivity index (χ0v) is 22.1. The summed E-state index contributed by atoms with van der Waals surface area (Å²) in [5.41, 5.74) is 6.95. The van der Waals surface area contributed by atoms with Gasteiger partial charge in [0.05, 0.1) is 35.4 Å². The highest BCUT2D eigenvalue weighted by Crippen LogP contribution is 2.35. The molecule has 0 bridgehead atoms. The summed E-state index contributed by atoms with van der Waals surface area (Å²) in [5, 5.41) is 20.3.